The van der Waals surface area contributed by atoms with Crippen molar-refractivity contribution in [2.24, 2.45) is 0 Å². The lowest BCUT2D eigenvalue weighted by Gasteiger charge is -2.20. The Kier molecular flexibility index (Phi) is 9.60. The molecule has 0 bridgehead atoms. The first-order valence-electron chi connectivity index (χ1n) is 12.3. The van der Waals surface area contributed by atoms with Gasteiger partial charge in [0.1, 0.15) is 5.52 Å². The van der Waals surface area contributed by atoms with Crippen LogP contribution in [0.1, 0.15) is 81.9 Å². The molecule has 0 radical (unpaired) electrons. The number of para-hydroxylation sites is 2. The number of anilines is 1. The Bertz CT molecular complexity index is 1060. The fourth-order valence-electron chi connectivity index (χ4n) is 4.14. The number of benzene rings is 2. The number of carbonyl (C=O) groups is 1. The summed E-state index contributed by atoms with van der Waals surface area (Å²) in [6.07, 6.45) is 3.47. The minimum atomic E-state index is 0.107. The molecular weight excluding hydrogens is 442 g/mol. The lowest BCUT2D eigenvalue weighted by molar-refractivity contribution is -0.116. The quantitative estimate of drug-likeness (QED) is 0.215. The first-order chi connectivity index (χ1) is 16.3. The third-order valence-corrected chi connectivity index (χ3v) is 6.79. The molecule has 1 heterocycles. The summed E-state index contributed by atoms with van der Waals surface area (Å²) in [4.78, 5) is 19.5. The van der Waals surface area contributed by atoms with Gasteiger partial charge in [-0.25, -0.2) is 4.98 Å². The Morgan fingerprint density at radius 2 is 1.68 bits per heavy atom. The van der Waals surface area contributed by atoms with Gasteiger partial charge in [0.05, 0.1) is 0 Å². The minimum Gasteiger partial charge on any atom is -0.431 e. The van der Waals surface area contributed by atoms with Crippen molar-refractivity contribution in [1.29, 1.82) is 0 Å². The van der Waals surface area contributed by atoms with Gasteiger partial charge in [-0.05, 0) is 61.5 Å². The van der Waals surface area contributed by atoms with Gasteiger partial charge in [0.25, 0.3) is 5.22 Å². The molecule has 3 rings (SSSR count). The number of nitrogens with one attached hydrogen (secondary N) is 1. The molecule has 2 aromatic carbocycles. The Morgan fingerprint density at radius 3 is 2.32 bits per heavy atom. The number of hydrogen-bond acceptors (Lipinski definition) is 5. The Morgan fingerprint density at radius 1 is 1.00 bits per heavy atom. The number of rotatable bonds is 12. The zero-order valence-corrected chi connectivity index (χ0v) is 22.3. The second kappa shape index (κ2) is 12.4. The van der Waals surface area contributed by atoms with Crippen LogP contribution in [-0.2, 0) is 11.3 Å². The van der Waals surface area contributed by atoms with E-state index in [1.54, 1.807) is 11.8 Å². The van der Waals surface area contributed by atoms with Crippen molar-refractivity contribution in [1.82, 2.24) is 9.88 Å². The topological polar surface area (TPSA) is 58.4 Å². The number of fused-ring (bicyclic) bond motifs is 1. The first kappa shape index (κ1) is 26.3. The lowest BCUT2D eigenvalue weighted by atomic mass is 9.92. The summed E-state index contributed by atoms with van der Waals surface area (Å²) in [6, 6.07) is 12.5. The summed E-state index contributed by atoms with van der Waals surface area (Å²) in [6.45, 7) is 9.54. The van der Waals surface area contributed by atoms with E-state index in [9.17, 15) is 4.79 Å². The molecule has 0 saturated carbocycles. The highest BCUT2D eigenvalue weighted by molar-refractivity contribution is 7.99. The smallest absolute Gasteiger partial charge is 0.256 e. The highest BCUT2D eigenvalue weighted by atomic mass is 32.2. The second-order valence-electron chi connectivity index (χ2n) is 9.81. The van der Waals surface area contributed by atoms with Crippen LogP contribution in [0, 0.1) is 0 Å². The van der Waals surface area contributed by atoms with E-state index in [-0.39, 0.29) is 5.91 Å². The Balaban J connectivity index is 1.45. The van der Waals surface area contributed by atoms with Crippen LogP contribution in [0.25, 0.3) is 11.1 Å². The largest absolute Gasteiger partial charge is 0.431 e. The number of amides is 1. The zero-order valence-electron chi connectivity index (χ0n) is 21.5. The van der Waals surface area contributed by atoms with Crippen LogP contribution in [-0.4, -0.2) is 35.6 Å². The third kappa shape index (κ3) is 7.09. The molecule has 3 aromatic rings. The minimum absolute atomic E-state index is 0.107. The van der Waals surface area contributed by atoms with Crippen LogP contribution < -0.4 is 5.32 Å². The molecule has 1 N–H and O–H groups in total. The zero-order chi connectivity index (χ0) is 24.7. The van der Waals surface area contributed by atoms with Gasteiger partial charge in [-0.1, -0.05) is 76.2 Å². The molecule has 0 aliphatic rings. The maximum Gasteiger partial charge on any atom is 0.256 e. The van der Waals surface area contributed by atoms with Gasteiger partial charge in [-0.3, -0.25) is 4.79 Å². The summed E-state index contributed by atoms with van der Waals surface area (Å²) in [5.41, 5.74) is 6.42. The van der Waals surface area contributed by atoms with Crippen LogP contribution in [0.4, 0.5) is 5.69 Å². The summed E-state index contributed by atoms with van der Waals surface area (Å²) in [5, 5.41) is 3.95. The summed E-state index contributed by atoms with van der Waals surface area (Å²) in [5.74, 6) is 1.79. The molecule has 1 aromatic heterocycles. The van der Waals surface area contributed by atoms with E-state index in [4.69, 9.17) is 9.40 Å². The maximum atomic E-state index is 12.7. The molecule has 34 heavy (non-hydrogen) atoms. The summed E-state index contributed by atoms with van der Waals surface area (Å²) >= 11 is 1.65. The van der Waals surface area contributed by atoms with E-state index in [1.165, 1.54) is 16.7 Å². The highest BCUT2D eigenvalue weighted by Crippen LogP contribution is 2.32. The van der Waals surface area contributed by atoms with Crippen LogP contribution in [0.2, 0.25) is 0 Å². The lowest BCUT2D eigenvalue weighted by Crippen LogP contribution is -2.15. The molecule has 5 nitrogen and oxygen atoms in total. The van der Waals surface area contributed by atoms with Crippen molar-refractivity contribution >= 4 is 34.5 Å². The molecule has 0 saturated heterocycles. The monoisotopic (exact) mass is 481 g/mol. The normalized spacial score (nSPS) is 11.8. The van der Waals surface area contributed by atoms with Gasteiger partial charge in [0.15, 0.2) is 5.58 Å². The molecule has 0 atom stereocenters. The first-order valence-corrected chi connectivity index (χ1v) is 13.3. The molecule has 184 valence electrons. The van der Waals surface area contributed by atoms with Gasteiger partial charge in [-0.15, -0.1) is 0 Å². The summed E-state index contributed by atoms with van der Waals surface area (Å²) in [7, 11) is 4.11. The van der Waals surface area contributed by atoms with Crippen molar-refractivity contribution in [3.05, 3.63) is 53.1 Å². The predicted molar refractivity (Wildman–Crippen MR) is 144 cm³/mol. The van der Waals surface area contributed by atoms with Gasteiger partial charge < -0.3 is 14.6 Å². The van der Waals surface area contributed by atoms with Crippen LogP contribution in [0.3, 0.4) is 0 Å². The van der Waals surface area contributed by atoms with Gasteiger partial charge in [-0.2, -0.15) is 0 Å². The Labute approximate surface area is 208 Å². The standard InChI is InChI=1S/C28H39N3O2S/c1-19(2)22-13-11-14-23(20(3)4)27(22)29-25(32)16-8-7-9-17-34-28-30-26-21(18-31(5)6)12-10-15-24(26)33-28/h10-15,19-20H,7-9,16-18H2,1-6H3,(H,29,32). The van der Waals surface area contributed by atoms with Crippen LogP contribution in [0.5, 0.6) is 0 Å². The fraction of sp³-hybridized carbons (Fsp3) is 0.500. The number of carbonyl (C=O) groups excluding carboxylic acids is 1. The Hall–Kier alpha value is -2.31. The van der Waals surface area contributed by atoms with E-state index in [1.807, 2.05) is 12.1 Å². The highest BCUT2D eigenvalue weighted by Gasteiger charge is 2.16. The number of thioether (sulfide) groups is 1. The van der Waals surface area contributed by atoms with Crippen molar-refractivity contribution in [2.75, 3.05) is 25.2 Å². The average molecular weight is 482 g/mol. The molecule has 6 heteroatoms. The summed E-state index contributed by atoms with van der Waals surface area (Å²) < 4.78 is 5.93. The molecular formula is C28H39N3O2S. The molecule has 0 aliphatic heterocycles. The number of aromatic nitrogens is 1. The van der Waals surface area contributed by atoms with Crippen molar-refractivity contribution < 1.29 is 9.21 Å². The molecule has 0 unspecified atom stereocenters. The maximum absolute atomic E-state index is 12.7. The third-order valence-electron chi connectivity index (χ3n) is 5.88. The van der Waals surface area contributed by atoms with Gasteiger partial charge >= 0.3 is 0 Å². The average Bonchev–Trinajstić information content (AvgIpc) is 3.19. The van der Waals surface area contributed by atoms with E-state index in [0.717, 1.165) is 53.6 Å². The number of unbranched alkanes of at least 4 members (excludes halogenated alkanes) is 2. The van der Waals surface area contributed by atoms with Crippen LogP contribution in [0.15, 0.2) is 46.0 Å². The number of oxazole rings is 1. The van der Waals surface area contributed by atoms with Gasteiger partial charge in [0.2, 0.25) is 5.91 Å². The van der Waals surface area contributed by atoms with Crippen LogP contribution >= 0.6 is 11.8 Å². The fourth-order valence-corrected chi connectivity index (χ4v) is 4.96. The molecule has 0 fully saturated rings. The van der Waals surface area contributed by atoms with Crippen molar-refractivity contribution in [2.45, 2.75) is 77.0 Å². The predicted octanol–water partition coefficient (Wildman–Crippen LogP) is 7.43. The molecule has 0 spiro atoms. The second-order valence-corrected chi connectivity index (χ2v) is 10.9. The van der Waals surface area contributed by atoms with E-state index in [0.29, 0.717) is 18.3 Å². The van der Waals surface area contributed by atoms with E-state index < -0.39 is 0 Å². The van der Waals surface area contributed by atoms with E-state index >= 15 is 0 Å². The SMILES string of the molecule is CC(C)c1cccc(C(C)C)c1NC(=O)CCCCCSc1nc2c(CN(C)C)cccc2o1. The van der Waals surface area contributed by atoms with Crippen molar-refractivity contribution in [3.8, 4) is 0 Å². The molecule has 0 aliphatic carbocycles. The molecule has 1 amide bonds. The van der Waals surface area contributed by atoms with E-state index in [2.05, 4.69) is 76.3 Å². The number of hydrogen-bond donors (Lipinski definition) is 1. The number of nitrogens with zero attached hydrogens (tertiary/aromatic N) is 2. The van der Waals surface area contributed by atoms with Crippen molar-refractivity contribution in [3.63, 3.8) is 0 Å². The van der Waals surface area contributed by atoms with Gasteiger partial charge in [0, 0.05) is 24.4 Å².